The molecule has 0 radical (unpaired) electrons. The summed E-state index contributed by atoms with van der Waals surface area (Å²) in [5, 5.41) is 2.62. The molecule has 2 nitrogen and oxygen atoms in total. The van der Waals surface area contributed by atoms with E-state index in [0.29, 0.717) is 11.1 Å². The molecule has 0 aliphatic carbocycles. The topological polar surface area (TPSA) is 25.8 Å². The lowest BCUT2D eigenvalue weighted by Crippen LogP contribution is -1.87. The summed E-state index contributed by atoms with van der Waals surface area (Å²) < 4.78 is 0.951. The molecule has 3 aromatic rings. The number of thiophene rings is 1. The van der Waals surface area contributed by atoms with Gasteiger partial charge in [0, 0.05) is 10.9 Å². The van der Waals surface area contributed by atoms with Gasteiger partial charge in [-0.25, -0.2) is 9.97 Å². The van der Waals surface area contributed by atoms with Gasteiger partial charge in [0.2, 0.25) is 0 Å². The number of aromatic nitrogens is 2. The number of rotatable bonds is 2. The second kappa shape index (κ2) is 4.91. The molecule has 0 saturated carbocycles. The molecule has 2 aromatic heterocycles. The molecular formula is C15H13ClN2S. The van der Waals surface area contributed by atoms with E-state index in [9.17, 15) is 0 Å². The molecule has 96 valence electrons. The zero-order valence-electron chi connectivity index (χ0n) is 10.7. The number of hydrogen-bond donors (Lipinski definition) is 0. The van der Waals surface area contributed by atoms with E-state index >= 15 is 0 Å². The molecule has 0 fully saturated rings. The molecule has 0 amide bonds. The highest BCUT2D eigenvalue weighted by atomic mass is 35.5. The van der Waals surface area contributed by atoms with Gasteiger partial charge in [-0.2, -0.15) is 0 Å². The maximum Gasteiger partial charge on any atom is 0.150 e. The van der Waals surface area contributed by atoms with Gasteiger partial charge in [-0.15, -0.1) is 11.3 Å². The molecule has 1 aromatic carbocycles. The predicted octanol–water partition coefficient (Wildman–Crippen LogP) is 5.14. The maximum atomic E-state index is 6.08. The average Bonchev–Trinajstić information content (AvgIpc) is 2.84. The van der Waals surface area contributed by atoms with Crippen LogP contribution in [0, 0.1) is 0 Å². The third kappa shape index (κ3) is 2.24. The molecule has 0 aliphatic rings. The van der Waals surface area contributed by atoms with Crippen LogP contribution in [0.15, 0.2) is 36.0 Å². The van der Waals surface area contributed by atoms with Gasteiger partial charge in [-0.1, -0.05) is 49.7 Å². The van der Waals surface area contributed by atoms with Crippen LogP contribution in [0.4, 0.5) is 0 Å². The van der Waals surface area contributed by atoms with Gasteiger partial charge >= 0.3 is 0 Å². The first-order valence-corrected chi connectivity index (χ1v) is 7.40. The Labute approximate surface area is 121 Å². The van der Waals surface area contributed by atoms with Crippen molar-refractivity contribution in [1.82, 2.24) is 9.97 Å². The molecule has 19 heavy (non-hydrogen) atoms. The van der Waals surface area contributed by atoms with Crippen molar-refractivity contribution in [1.29, 1.82) is 0 Å². The molecule has 0 saturated heterocycles. The van der Waals surface area contributed by atoms with E-state index < -0.39 is 0 Å². The minimum atomic E-state index is 0.528. The third-order valence-electron chi connectivity index (χ3n) is 3.20. The molecule has 3 rings (SSSR count). The van der Waals surface area contributed by atoms with Crippen LogP contribution in [0.25, 0.3) is 21.3 Å². The van der Waals surface area contributed by atoms with Gasteiger partial charge in [-0.3, -0.25) is 0 Å². The molecule has 0 aliphatic heterocycles. The fraction of sp³-hybridized carbons (Fsp3) is 0.200. The largest absolute Gasteiger partial charge is 0.235 e. The Kier molecular flexibility index (Phi) is 3.25. The molecule has 0 atom stereocenters. The summed E-state index contributed by atoms with van der Waals surface area (Å²) in [6.45, 7) is 4.39. The smallest absolute Gasteiger partial charge is 0.150 e. The number of hydrogen-bond acceptors (Lipinski definition) is 3. The lowest BCUT2D eigenvalue weighted by atomic mass is 9.99. The predicted molar refractivity (Wildman–Crippen MR) is 82.0 cm³/mol. The van der Waals surface area contributed by atoms with Crippen molar-refractivity contribution in [3.63, 3.8) is 0 Å². The quantitative estimate of drug-likeness (QED) is 0.611. The Morgan fingerprint density at radius 2 is 1.84 bits per heavy atom. The summed E-state index contributed by atoms with van der Waals surface area (Å²) >= 11 is 7.67. The first-order valence-electron chi connectivity index (χ1n) is 6.15. The Balaban J connectivity index is 2.11. The highest BCUT2D eigenvalue weighted by Gasteiger charge is 2.11. The first-order chi connectivity index (χ1) is 9.16. The highest BCUT2D eigenvalue weighted by molar-refractivity contribution is 7.18. The Morgan fingerprint density at radius 1 is 1.11 bits per heavy atom. The highest BCUT2D eigenvalue weighted by Crippen LogP contribution is 2.35. The summed E-state index contributed by atoms with van der Waals surface area (Å²) in [5.74, 6) is 0.546. The summed E-state index contributed by atoms with van der Waals surface area (Å²) in [6, 6.07) is 8.64. The van der Waals surface area contributed by atoms with Crippen LogP contribution in [0.3, 0.4) is 0 Å². The molecular weight excluding hydrogens is 276 g/mol. The summed E-state index contributed by atoms with van der Waals surface area (Å²) in [4.78, 5) is 8.37. The van der Waals surface area contributed by atoms with Gasteiger partial charge in [0.15, 0.2) is 0 Å². The van der Waals surface area contributed by atoms with Crippen LogP contribution < -0.4 is 0 Å². The molecule has 0 unspecified atom stereocenters. The van der Waals surface area contributed by atoms with E-state index in [1.165, 1.54) is 17.5 Å². The van der Waals surface area contributed by atoms with Crippen LogP contribution >= 0.6 is 22.9 Å². The Hall–Kier alpha value is -1.45. The monoisotopic (exact) mass is 288 g/mol. The van der Waals surface area contributed by atoms with E-state index in [0.717, 1.165) is 15.8 Å². The minimum absolute atomic E-state index is 0.528. The molecule has 0 spiro atoms. The number of halogens is 1. The van der Waals surface area contributed by atoms with Gasteiger partial charge in [0.1, 0.15) is 11.5 Å². The summed E-state index contributed by atoms with van der Waals surface area (Å²) in [6.07, 6.45) is 1.52. The lowest BCUT2D eigenvalue weighted by Gasteiger charge is -2.06. The van der Waals surface area contributed by atoms with Crippen LogP contribution in [-0.4, -0.2) is 9.97 Å². The van der Waals surface area contributed by atoms with Crippen molar-refractivity contribution in [2.75, 3.05) is 0 Å². The minimum Gasteiger partial charge on any atom is -0.235 e. The van der Waals surface area contributed by atoms with E-state index in [-0.39, 0.29) is 0 Å². The van der Waals surface area contributed by atoms with Crippen molar-refractivity contribution in [2.24, 2.45) is 0 Å². The number of fused-ring (bicyclic) bond motifs is 1. The van der Waals surface area contributed by atoms with Crippen LogP contribution in [-0.2, 0) is 0 Å². The van der Waals surface area contributed by atoms with Gasteiger partial charge in [0.05, 0.1) is 10.2 Å². The Bertz CT molecular complexity index is 717. The fourth-order valence-electron chi connectivity index (χ4n) is 2.07. The molecule has 4 heteroatoms. The van der Waals surface area contributed by atoms with Crippen molar-refractivity contribution in [3.8, 4) is 11.1 Å². The first kappa shape index (κ1) is 12.6. The molecule has 2 heterocycles. The third-order valence-corrected chi connectivity index (χ3v) is 4.57. The summed E-state index contributed by atoms with van der Waals surface area (Å²) in [5.41, 5.74) is 4.57. The van der Waals surface area contributed by atoms with Crippen LogP contribution in [0.2, 0.25) is 5.15 Å². The van der Waals surface area contributed by atoms with E-state index in [1.807, 2.05) is 0 Å². The Morgan fingerprint density at radius 3 is 2.53 bits per heavy atom. The maximum absolute atomic E-state index is 6.08. The van der Waals surface area contributed by atoms with Crippen molar-refractivity contribution >= 4 is 33.2 Å². The second-order valence-corrected chi connectivity index (χ2v) is 6.01. The van der Waals surface area contributed by atoms with E-state index in [1.54, 1.807) is 11.3 Å². The van der Waals surface area contributed by atoms with E-state index in [2.05, 4.69) is 53.5 Å². The zero-order chi connectivity index (χ0) is 13.4. The molecule has 0 bridgehead atoms. The van der Waals surface area contributed by atoms with Crippen molar-refractivity contribution in [3.05, 3.63) is 46.7 Å². The van der Waals surface area contributed by atoms with Crippen LogP contribution in [0.1, 0.15) is 25.3 Å². The molecule has 0 N–H and O–H groups in total. The number of benzene rings is 1. The van der Waals surface area contributed by atoms with Gasteiger partial charge < -0.3 is 0 Å². The summed E-state index contributed by atoms with van der Waals surface area (Å²) in [7, 11) is 0. The van der Waals surface area contributed by atoms with E-state index in [4.69, 9.17) is 11.6 Å². The average molecular weight is 289 g/mol. The fourth-order valence-corrected chi connectivity index (χ4v) is 3.25. The lowest BCUT2D eigenvalue weighted by molar-refractivity contribution is 0.867. The SMILES string of the molecule is CC(C)c1ccc(-c2csc3c(Cl)ncnc23)cc1. The standard InChI is InChI=1S/C15H13ClN2S/c1-9(2)10-3-5-11(6-4-10)12-7-19-14-13(12)17-8-18-15(14)16/h3-9H,1-2H3. The van der Waals surface area contributed by atoms with Crippen molar-refractivity contribution < 1.29 is 0 Å². The van der Waals surface area contributed by atoms with Gasteiger partial charge in [0.25, 0.3) is 0 Å². The second-order valence-electron chi connectivity index (χ2n) is 4.77. The number of nitrogens with zero attached hydrogens (tertiary/aromatic N) is 2. The van der Waals surface area contributed by atoms with Gasteiger partial charge in [-0.05, 0) is 17.0 Å². The normalized spacial score (nSPS) is 11.4. The van der Waals surface area contributed by atoms with Crippen molar-refractivity contribution in [2.45, 2.75) is 19.8 Å². The van der Waals surface area contributed by atoms with Crippen LogP contribution in [0.5, 0.6) is 0 Å². The zero-order valence-corrected chi connectivity index (χ0v) is 12.3.